The number of rotatable bonds is 4. The van der Waals surface area contributed by atoms with Gasteiger partial charge in [-0.2, -0.15) is 13.2 Å². The summed E-state index contributed by atoms with van der Waals surface area (Å²) in [6, 6.07) is 6.59. The van der Waals surface area contributed by atoms with Gasteiger partial charge in [0.15, 0.2) is 5.69 Å². The fraction of sp³-hybridized carbons (Fsp3) is 0.267. The van der Waals surface area contributed by atoms with Crippen LogP contribution < -0.4 is 10.6 Å². The first-order valence-electron chi connectivity index (χ1n) is 7.11. The fourth-order valence-electron chi connectivity index (χ4n) is 1.98. The minimum Gasteiger partial charge on any atom is -0.366 e. The first-order chi connectivity index (χ1) is 11.3. The van der Waals surface area contributed by atoms with Crippen molar-refractivity contribution in [1.82, 2.24) is 10.2 Å². The van der Waals surface area contributed by atoms with Gasteiger partial charge in [0.2, 0.25) is 0 Å². The first-order valence-corrected chi connectivity index (χ1v) is 7.49. The molecule has 3 rings (SSSR count). The number of anilines is 2. The average Bonchev–Trinajstić information content (AvgIpc) is 3.33. The van der Waals surface area contributed by atoms with Gasteiger partial charge in [0, 0.05) is 11.7 Å². The Morgan fingerprint density at radius 3 is 2.50 bits per heavy atom. The number of amides is 1. The molecule has 5 nitrogen and oxygen atoms in total. The number of carbonyl (C=O) groups is 1. The quantitative estimate of drug-likeness (QED) is 0.869. The molecule has 9 heteroatoms. The summed E-state index contributed by atoms with van der Waals surface area (Å²) >= 11 is 5.54. The van der Waals surface area contributed by atoms with E-state index < -0.39 is 22.7 Å². The van der Waals surface area contributed by atoms with Crippen LogP contribution in [0.2, 0.25) is 5.02 Å². The van der Waals surface area contributed by atoms with Crippen LogP contribution in [0.3, 0.4) is 0 Å². The highest BCUT2D eigenvalue weighted by atomic mass is 35.5. The van der Waals surface area contributed by atoms with Crippen LogP contribution in [-0.2, 0) is 6.18 Å². The highest BCUT2D eigenvalue weighted by Gasteiger charge is 2.33. The Kier molecular flexibility index (Phi) is 4.31. The molecular formula is C15H12ClF3N4O. The number of halogens is 4. The van der Waals surface area contributed by atoms with Crippen molar-refractivity contribution >= 4 is 29.0 Å². The molecule has 1 saturated carbocycles. The molecule has 0 bridgehead atoms. The predicted molar refractivity (Wildman–Crippen MR) is 83.1 cm³/mol. The second-order valence-electron chi connectivity index (χ2n) is 5.37. The number of hydrogen-bond donors (Lipinski definition) is 2. The lowest BCUT2D eigenvalue weighted by molar-refractivity contribution is -0.137. The van der Waals surface area contributed by atoms with Crippen LogP contribution in [0, 0.1) is 0 Å². The van der Waals surface area contributed by atoms with Gasteiger partial charge in [-0.3, -0.25) is 4.79 Å². The molecule has 0 unspecified atom stereocenters. The molecule has 1 fully saturated rings. The molecule has 126 valence electrons. The molecule has 1 heterocycles. The third kappa shape index (κ3) is 3.94. The van der Waals surface area contributed by atoms with Crippen LogP contribution in [-0.4, -0.2) is 22.1 Å². The topological polar surface area (TPSA) is 66.9 Å². The van der Waals surface area contributed by atoms with Crippen molar-refractivity contribution in [3.8, 4) is 0 Å². The Balaban J connectivity index is 1.72. The lowest BCUT2D eigenvalue weighted by atomic mass is 10.2. The Labute approximate surface area is 140 Å². The highest BCUT2D eigenvalue weighted by molar-refractivity contribution is 6.31. The molecule has 1 aromatic heterocycles. The standard InChI is InChI=1S/C15H12ClF3N4O/c16-11-4-3-9(7-10(11)15(17,18)19)21-14(24)12-5-6-13(23-22-12)20-8-1-2-8/h3-8H,1-2H2,(H,20,23)(H,21,24). The van der Waals surface area contributed by atoms with E-state index in [2.05, 4.69) is 20.8 Å². The van der Waals surface area contributed by atoms with Crippen molar-refractivity contribution in [2.45, 2.75) is 25.1 Å². The highest BCUT2D eigenvalue weighted by Crippen LogP contribution is 2.36. The third-order valence-corrected chi connectivity index (χ3v) is 3.69. The first kappa shape index (κ1) is 16.5. The number of nitrogens with one attached hydrogen (secondary N) is 2. The van der Waals surface area contributed by atoms with Crippen LogP contribution >= 0.6 is 11.6 Å². The zero-order chi connectivity index (χ0) is 17.3. The predicted octanol–water partition coefficient (Wildman–Crippen LogP) is 3.98. The van der Waals surface area contributed by atoms with Gasteiger partial charge in [-0.25, -0.2) is 0 Å². The average molecular weight is 357 g/mol. The number of nitrogens with zero attached hydrogens (tertiary/aromatic N) is 2. The van der Waals surface area contributed by atoms with Crippen molar-refractivity contribution in [1.29, 1.82) is 0 Å². The van der Waals surface area contributed by atoms with Crippen molar-refractivity contribution in [3.05, 3.63) is 46.6 Å². The van der Waals surface area contributed by atoms with E-state index in [9.17, 15) is 18.0 Å². The second-order valence-corrected chi connectivity index (χ2v) is 5.78. The molecule has 1 aromatic carbocycles. The molecule has 1 aliphatic carbocycles. The molecule has 0 radical (unpaired) electrons. The van der Waals surface area contributed by atoms with Gasteiger partial charge in [-0.1, -0.05) is 11.6 Å². The maximum atomic E-state index is 12.8. The summed E-state index contributed by atoms with van der Waals surface area (Å²) in [5.74, 6) is -0.101. The SMILES string of the molecule is O=C(Nc1ccc(Cl)c(C(F)(F)F)c1)c1ccc(NC2CC2)nn1. The van der Waals surface area contributed by atoms with E-state index >= 15 is 0 Å². The molecule has 2 N–H and O–H groups in total. The number of aromatic nitrogens is 2. The van der Waals surface area contributed by atoms with Gasteiger partial charge in [0.05, 0.1) is 10.6 Å². The maximum Gasteiger partial charge on any atom is 0.417 e. The molecule has 1 amide bonds. The van der Waals surface area contributed by atoms with Crippen LogP contribution in [0.5, 0.6) is 0 Å². The monoisotopic (exact) mass is 356 g/mol. The Bertz CT molecular complexity index is 760. The van der Waals surface area contributed by atoms with E-state index in [0.717, 1.165) is 25.0 Å². The van der Waals surface area contributed by atoms with Crippen LogP contribution in [0.15, 0.2) is 30.3 Å². The molecule has 0 saturated heterocycles. The largest absolute Gasteiger partial charge is 0.417 e. The summed E-state index contributed by atoms with van der Waals surface area (Å²) < 4.78 is 38.4. The summed E-state index contributed by atoms with van der Waals surface area (Å²) in [7, 11) is 0. The molecule has 0 spiro atoms. The Morgan fingerprint density at radius 1 is 1.17 bits per heavy atom. The normalized spacial score (nSPS) is 14.3. The molecule has 0 atom stereocenters. The lowest BCUT2D eigenvalue weighted by Crippen LogP contribution is -2.16. The molecule has 24 heavy (non-hydrogen) atoms. The second kappa shape index (κ2) is 6.27. The molecule has 2 aromatic rings. The van der Waals surface area contributed by atoms with E-state index in [-0.39, 0.29) is 11.4 Å². The molecule has 1 aliphatic rings. The third-order valence-electron chi connectivity index (χ3n) is 3.36. The van der Waals surface area contributed by atoms with Gasteiger partial charge in [-0.15, -0.1) is 10.2 Å². The van der Waals surface area contributed by atoms with E-state index in [1.807, 2.05) is 0 Å². The van der Waals surface area contributed by atoms with Crippen molar-refractivity contribution < 1.29 is 18.0 Å². The lowest BCUT2D eigenvalue weighted by Gasteiger charge is -2.11. The van der Waals surface area contributed by atoms with Gasteiger partial charge in [0.1, 0.15) is 5.82 Å². The number of hydrogen-bond acceptors (Lipinski definition) is 4. The maximum absolute atomic E-state index is 12.8. The van der Waals surface area contributed by atoms with E-state index in [0.29, 0.717) is 11.9 Å². The van der Waals surface area contributed by atoms with E-state index in [1.165, 1.54) is 12.1 Å². The fourth-order valence-corrected chi connectivity index (χ4v) is 2.21. The summed E-state index contributed by atoms with van der Waals surface area (Å²) in [5, 5.41) is 12.7. The van der Waals surface area contributed by atoms with Crippen molar-refractivity contribution in [3.63, 3.8) is 0 Å². The van der Waals surface area contributed by atoms with Gasteiger partial charge >= 0.3 is 6.18 Å². The van der Waals surface area contributed by atoms with E-state index in [4.69, 9.17) is 11.6 Å². The van der Waals surface area contributed by atoms with Gasteiger partial charge < -0.3 is 10.6 Å². The number of alkyl halides is 3. The van der Waals surface area contributed by atoms with Gasteiger partial charge in [0.25, 0.3) is 5.91 Å². The summed E-state index contributed by atoms with van der Waals surface area (Å²) in [4.78, 5) is 12.1. The van der Waals surface area contributed by atoms with Crippen molar-refractivity contribution in [2.24, 2.45) is 0 Å². The van der Waals surface area contributed by atoms with Crippen LogP contribution in [0.4, 0.5) is 24.7 Å². The van der Waals surface area contributed by atoms with Crippen LogP contribution in [0.25, 0.3) is 0 Å². The minimum atomic E-state index is -4.60. The van der Waals surface area contributed by atoms with Crippen molar-refractivity contribution in [2.75, 3.05) is 10.6 Å². The number of benzene rings is 1. The Morgan fingerprint density at radius 2 is 1.92 bits per heavy atom. The minimum absolute atomic E-state index is 0.000134. The summed E-state index contributed by atoms with van der Waals surface area (Å²) in [6.07, 6.45) is -2.46. The Hall–Kier alpha value is -2.35. The zero-order valence-electron chi connectivity index (χ0n) is 12.2. The van der Waals surface area contributed by atoms with Gasteiger partial charge in [-0.05, 0) is 43.2 Å². The summed E-state index contributed by atoms with van der Waals surface area (Å²) in [6.45, 7) is 0. The number of carbonyl (C=O) groups excluding carboxylic acids is 1. The molecular weight excluding hydrogens is 345 g/mol. The van der Waals surface area contributed by atoms with Crippen LogP contribution in [0.1, 0.15) is 28.9 Å². The molecule has 0 aliphatic heterocycles. The van der Waals surface area contributed by atoms with E-state index in [1.54, 1.807) is 6.07 Å². The zero-order valence-corrected chi connectivity index (χ0v) is 12.9. The summed E-state index contributed by atoms with van der Waals surface area (Å²) in [5.41, 5.74) is -1.05. The smallest absolute Gasteiger partial charge is 0.366 e.